The van der Waals surface area contributed by atoms with Crippen molar-refractivity contribution in [2.75, 3.05) is 0 Å². The molecule has 0 fully saturated rings. The molecule has 2 heteroatoms. The first-order valence-electron chi connectivity index (χ1n) is 5.11. The summed E-state index contributed by atoms with van der Waals surface area (Å²) in [6, 6.07) is 9.43. The number of hydroxylamine groups is 2. The Kier molecular flexibility index (Phi) is 3.66. The summed E-state index contributed by atoms with van der Waals surface area (Å²) in [7, 11) is 0. The van der Waals surface area contributed by atoms with Gasteiger partial charge in [0.05, 0.1) is 0 Å². The first-order chi connectivity index (χ1) is 6.96. The summed E-state index contributed by atoms with van der Waals surface area (Å²) in [6.45, 7) is 9.44. The van der Waals surface area contributed by atoms with E-state index < -0.39 is 5.54 Å². The van der Waals surface area contributed by atoms with Crippen LogP contribution in [-0.4, -0.2) is 10.6 Å². The van der Waals surface area contributed by atoms with Gasteiger partial charge in [0.25, 0.3) is 0 Å². The standard InChI is InChI=1S/C13H18NO/c1-5-12(14(15)13(2,3)4)11-9-7-6-8-10-11/h5-10,12H,1H2,2-4H3/q-1. The smallest absolute Gasteiger partial charge is 0.0418 e. The van der Waals surface area contributed by atoms with Crippen molar-refractivity contribution in [2.45, 2.75) is 32.4 Å². The van der Waals surface area contributed by atoms with Gasteiger partial charge in [-0.1, -0.05) is 36.4 Å². The third-order valence-electron chi connectivity index (χ3n) is 2.28. The quantitative estimate of drug-likeness (QED) is 0.556. The van der Waals surface area contributed by atoms with Crippen molar-refractivity contribution in [1.29, 1.82) is 0 Å². The molecular weight excluding hydrogens is 186 g/mol. The normalized spacial score (nSPS) is 13.9. The highest BCUT2D eigenvalue weighted by Gasteiger charge is 2.19. The van der Waals surface area contributed by atoms with Gasteiger partial charge >= 0.3 is 0 Å². The van der Waals surface area contributed by atoms with E-state index in [1.165, 1.54) is 0 Å². The van der Waals surface area contributed by atoms with Crippen LogP contribution in [0.5, 0.6) is 0 Å². The minimum Gasteiger partial charge on any atom is -0.784 e. The van der Waals surface area contributed by atoms with Gasteiger partial charge in [-0.25, -0.2) is 0 Å². The Morgan fingerprint density at radius 3 is 2.20 bits per heavy atom. The van der Waals surface area contributed by atoms with Crippen molar-refractivity contribution in [2.24, 2.45) is 0 Å². The molecule has 1 rings (SSSR count). The summed E-state index contributed by atoms with van der Waals surface area (Å²) in [5.74, 6) is 0. The van der Waals surface area contributed by atoms with Crippen molar-refractivity contribution in [3.05, 3.63) is 53.8 Å². The van der Waals surface area contributed by atoms with Crippen molar-refractivity contribution in [1.82, 2.24) is 5.06 Å². The van der Waals surface area contributed by atoms with Crippen molar-refractivity contribution in [3.63, 3.8) is 0 Å². The van der Waals surface area contributed by atoms with E-state index >= 15 is 0 Å². The molecule has 0 saturated heterocycles. The van der Waals surface area contributed by atoms with Crippen LogP contribution in [0.4, 0.5) is 0 Å². The molecule has 82 valence electrons. The van der Waals surface area contributed by atoms with Gasteiger partial charge in [-0.2, -0.15) is 0 Å². The van der Waals surface area contributed by atoms with E-state index in [9.17, 15) is 5.21 Å². The molecule has 1 aromatic carbocycles. The van der Waals surface area contributed by atoms with Gasteiger partial charge in [0.15, 0.2) is 0 Å². The molecule has 1 unspecified atom stereocenters. The van der Waals surface area contributed by atoms with E-state index in [-0.39, 0.29) is 6.04 Å². The van der Waals surface area contributed by atoms with Gasteiger partial charge in [-0.15, -0.1) is 6.58 Å². The summed E-state index contributed by atoms with van der Waals surface area (Å²) >= 11 is 0. The average molecular weight is 204 g/mol. The van der Waals surface area contributed by atoms with Crippen LogP contribution < -0.4 is 0 Å². The highest BCUT2D eigenvalue weighted by atomic mass is 16.5. The van der Waals surface area contributed by atoms with Gasteiger partial charge in [0, 0.05) is 11.6 Å². The van der Waals surface area contributed by atoms with Gasteiger partial charge in [0.1, 0.15) is 0 Å². The number of hydrogen-bond donors (Lipinski definition) is 0. The Morgan fingerprint density at radius 2 is 1.80 bits per heavy atom. The highest BCUT2D eigenvalue weighted by Crippen LogP contribution is 2.27. The first kappa shape index (κ1) is 12.0. The largest absolute Gasteiger partial charge is 0.784 e. The molecule has 0 aliphatic heterocycles. The fourth-order valence-corrected chi connectivity index (χ4v) is 1.43. The molecule has 0 amide bonds. The van der Waals surface area contributed by atoms with E-state index in [0.717, 1.165) is 10.6 Å². The minimum absolute atomic E-state index is 0.272. The molecule has 0 saturated carbocycles. The van der Waals surface area contributed by atoms with Crippen LogP contribution in [0, 0.1) is 5.21 Å². The maximum atomic E-state index is 12.0. The van der Waals surface area contributed by atoms with Crippen LogP contribution in [0.25, 0.3) is 0 Å². The maximum Gasteiger partial charge on any atom is 0.0418 e. The van der Waals surface area contributed by atoms with Gasteiger partial charge < -0.3 is 10.3 Å². The van der Waals surface area contributed by atoms with E-state index in [1.807, 2.05) is 51.1 Å². The molecule has 0 spiro atoms. The van der Waals surface area contributed by atoms with E-state index in [0.29, 0.717) is 0 Å². The molecule has 0 aliphatic carbocycles. The molecule has 0 N–H and O–H groups in total. The molecular formula is C13H18NO-. The predicted molar refractivity (Wildman–Crippen MR) is 64.3 cm³/mol. The fourth-order valence-electron chi connectivity index (χ4n) is 1.43. The molecule has 0 heterocycles. The molecule has 1 aromatic rings. The van der Waals surface area contributed by atoms with Crippen LogP contribution in [0.1, 0.15) is 32.4 Å². The van der Waals surface area contributed by atoms with E-state index in [2.05, 4.69) is 6.58 Å². The Morgan fingerprint density at radius 1 is 1.27 bits per heavy atom. The zero-order valence-electron chi connectivity index (χ0n) is 9.60. The second-order valence-electron chi connectivity index (χ2n) is 4.59. The lowest BCUT2D eigenvalue weighted by molar-refractivity contribution is 0.172. The van der Waals surface area contributed by atoms with Gasteiger partial charge in [-0.05, 0) is 26.3 Å². The average Bonchev–Trinajstić information content (AvgIpc) is 2.19. The van der Waals surface area contributed by atoms with Gasteiger partial charge in [-0.3, -0.25) is 0 Å². The van der Waals surface area contributed by atoms with Crippen LogP contribution in [0.15, 0.2) is 43.0 Å². The van der Waals surface area contributed by atoms with E-state index in [1.54, 1.807) is 6.08 Å². The SMILES string of the molecule is C=CC(c1ccccc1)N([O-])C(C)(C)C. The molecule has 0 aromatic heterocycles. The van der Waals surface area contributed by atoms with Crippen LogP contribution in [-0.2, 0) is 0 Å². The summed E-state index contributed by atoms with van der Waals surface area (Å²) in [5.41, 5.74) is 0.576. The Hall–Kier alpha value is -1.12. The number of hydrogen-bond acceptors (Lipinski definition) is 2. The number of benzene rings is 1. The monoisotopic (exact) mass is 204 g/mol. The zero-order valence-corrected chi connectivity index (χ0v) is 9.60. The Balaban J connectivity index is 2.95. The topological polar surface area (TPSA) is 26.3 Å². The van der Waals surface area contributed by atoms with Crippen LogP contribution in [0.2, 0.25) is 0 Å². The van der Waals surface area contributed by atoms with Crippen molar-refractivity contribution >= 4 is 0 Å². The predicted octanol–water partition coefficient (Wildman–Crippen LogP) is 3.51. The summed E-state index contributed by atoms with van der Waals surface area (Å²) in [6.07, 6.45) is 1.69. The van der Waals surface area contributed by atoms with E-state index in [4.69, 9.17) is 0 Å². The lowest BCUT2D eigenvalue weighted by Gasteiger charge is -2.46. The van der Waals surface area contributed by atoms with Crippen LogP contribution in [0.3, 0.4) is 0 Å². The van der Waals surface area contributed by atoms with Gasteiger partial charge in [0.2, 0.25) is 0 Å². The highest BCUT2D eigenvalue weighted by molar-refractivity contribution is 5.23. The second-order valence-corrected chi connectivity index (χ2v) is 4.59. The molecule has 0 aliphatic rings. The fraction of sp³-hybridized carbons (Fsp3) is 0.385. The zero-order chi connectivity index (χ0) is 11.5. The lowest BCUT2D eigenvalue weighted by Crippen LogP contribution is -2.38. The Bertz CT molecular complexity index is 313. The number of nitrogens with zero attached hydrogens (tertiary/aromatic N) is 1. The van der Waals surface area contributed by atoms with Crippen LogP contribution >= 0.6 is 0 Å². The Labute approximate surface area is 91.8 Å². The summed E-state index contributed by atoms with van der Waals surface area (Å²) in [4.78, 5) is 0. The molecule has 1 atom stereocenters. The molecule has 0 bridgehead atoms. The third-order valence-corrected chi connectivity index (χ3v) is 2.28. The molecule has 0 radical (unpaired) electrons. The lowest BCUT2D eigenvalue weighted by atomic mass is 10.0. The van der Waals surface area contributed by atoms with Crippen molar-refractivity contribution < 1.29 is 0 Å². The summed E-state index contributed by atoms with van der Waals surface area (Å²) < 4.78 is 0. The molecule has 2 nitrogen and oxygen atoms in total. The third kappa shape index (κ3) is 2.91. The second kappa shape index (κ2) is 4.60. The minimum atomic E-state index is -0.408. The maximum absolute atomic E-state index is 12.0. The molecule has 15 heavy (non-hydrogen) atoms. The first-order valence-corrected chi connectivity index (χ1v) is 5.11. The van der Waals surface area contributed by atoms with Crippen molar-refractivity contribution in [3.8, 4) is 0 Å². The summed E-state index contributed by atoms with van der Waals surface area (Å²) in [5, 5.41) is 13.1. The number of rotatable bonds is 3.